The minimum Gasteiger partial charge on any atom is -0.489 e. The van der Waals surface area contributed by atoms with Crippen LogP contribution < -0.4 is 19.7 Å². The standard InChI is InChI=1S/C31H32N4O5/c1-31(2,35-15-17-38-18-16-35)13-11-22-9-10-28-27(19-22)34(3)30(37)26(21-39-28)33-29(36)25-20-24(12-14-32-25)40-23-7-5-4-6-8-23/h4-10,12,14,19-20,26H,15-18,21H2,1-3H3,(H,33,36). The highest BCUT2D eigenvalue weighted by Gasteiger charge is 2.31. The van der Waals surface area contributed by atoms with Crippen LogP contribution in [0.1, 0.15) is 29.9 Å². The number of hydrogen-bond donors (Lipinski definition) is 1. The number of amides is 2. The molecule has 3 aromatic rings. The van der Waals surface area contributed by atoms with Crippen LogP contribution in [0.15, 0.2) is 66.9 Å². The molecule has 2 aliphatic rings. The molecule has 3 heterocycles. The van der Waals surface area contributed by atoms with E-state index in [1.54, 1.807) is 19.2 Å². The molecule has 2 aliphatic heterocycles. The van der Waals surface area contributed by atoms with Gasteiger partial charge in [-0.25, -0.2) is 0 Å². The number of likely N-dealkylation sites (N-methyl/N-ethyl adjacent to an activating group) is 1. The first kappa shape index (κ1) is 27.2. The van der Waals surface area contributed by atoms with E-state index in [1.807, 2.05) is 42.5 Å². The number of carbonyl (C=O) groups excluding carboxylic acids is 2. The predicted molar refractivity (Wildman–Crippen MR) is 151 cm³/mol. The molecule has 9 heteroatoms. The van der Waals surface area contributed by atoms with Gasteiger partial charge in [-0.3, -0.25) is 19.5 Å². The zero-order chi connectivity index (χ0) is 28.1. The number of anilines is 1. The number of carbonyl (C=O) groups is 2. The van der Waals surface area contributed by atoms with Crippen LogP contribution in [0.25, 0.3) is 0 Å². The van der Waals surface area contributed by atoms with Gasteiger partial charge in [0.1, 0.15) is 35.6 Å². The number of para-hydroxylation sites is 1. The van der Waals surface area contributed by atoms with Gasteiger partial charge in [0.25, 0.3) is 11.8 Å². The summed E-state index contributed by atoms with van der Waals surface area (Å²) in [6.07, 6.45) is 1.49. The molecule has 0 spiro atoms. The molecule has 0 bridgehead atoms. The number of pyridine rings is 1. The molecule has 1 aromatic heterocycles. The molecular weight excluding hydrogens is 508 g/mol. The van der Waals surface area contributed by atoms with Crippen LogP contribution in [0.2, 0.25) is 0 Å². The molecule has 0 saturated carbocycles. The Balaban J connectivity index is 1.27. The number of ether oxygens (including phenoxy) is 3. The summed E-state index contributed by atoms with van der Waals surface area (Å²) >= 11 is 0. The van der Waals surface area contributed by atoms with E-state index in [-0.39, 0.29) is 23.7 Å². The van der Waals surface area contributed by atoms with E-state index in [0.29, 0.717) is 36.1 Å². The van der Waals surface area contributed by atoms with E-state index >= 15 is 0 Å². The van der Waals surface area contributed by atoms with Gasteiger partial charge >= 0.3 is 0 Å². The van der Waals surface area contributed by atoms with Gasteiger partial charge in [-0.05, 0) is 50.2 Å². The summed E-state index contributed by atoms with van der Waals surface area (Å²) in [5.74, 6) is 7.47. The fraction of sp³-hybridized carbons (Fsp3) is 0.323. The first-order valence-corrected chi connectivity index (χ1v) is 13.2. The lowest BCUT2D eigenvalue weighted by molar-refractivity contribution is -0.120. The van der Waals surface area contributed by atoms with Crippen molar-refractivity contribution >= 4 is 17.5 Å². The number of nitrogens with zero attached hydrogens (tertiary/aromatic N) is 3. The summed E-state index contributed by atoms with van der Waals surface area (Å²) in [6, 6.07) is 17.1. The third-order valence-corrected chi connectivity index (χ3v) is 6.92. The highest BCUT2D eigenvalue weighted by Crippen LogP contribution is 2.32. The first-order valence-electron chi connectivity index (χ1n) is 13.2. The summed E-state index contributed by atoms with van der Waals surface area (Å²) < 4.78 is 17.2. The topological polar surface area (TPSA) is 93.2 Å². The lowest BCUT2D eigenvalue weighted by Gasteiger charge is -2.37. The average Bonchev–Trinajstić information content (AvgIpc) is 3.09. The van der Waals surface area contributed by atoms with Crippen LogP contribution >= 0.6 is 0 Å². The van der Waals surface area contributed by atoms with Crippen molar-refractivity contribution in [1.29, 1.82) is 0 Å². The third-order valence-electron chi connectivity index (χ3n) is 6.92. The number of rotatable bonds is 5. The fourth-order valence-corrected chi connectivity index (χ4v) is 4.56. The monoisotopic (exact) mass is 540 g/mol. The second-order valence-electron chi connectivity index (χ2n) is 10.1. The largest absolute Gasteiger partial charge is 0.489 e. The molecule has 0 aliphatic carbocycles. The Bertz CT molecular complexity index is 1440. The second kappa shape index (κ2) is 11.8. The molecule has 0 radical (unpaired) electrons. The molecule has 9 nitrogen and oxygen atoms in total. The van der Waals surface area contributed by atoms with Crippen LogP contribution in [-0.2, 0) is 9.53 Å². The molecular formula is C31H32N4O5. The molecule has 206 valence electrons. The maximum absolute atomic E-state index is 13.3. The van der Waals surface area contributed by atoms with Gasteiger partial charge in [0, 0.05) is 38.0 Å². The van der Waals surface area contributed by atoms with Crippen molar-refractivity contribution in [3.63, 3.8) is 0 Å². The Morgan fingerprint density at radius 3 is 2.62 bits per heavy atom. The number of nitrogens with one attached hydrogen (secondary N) is 1. The van der Waals surface area contributed by atoms with Crippen LogP contribution in [0.4, 0.5) is 5.69 Å². The Kier molecular flexibility index (Phi) is 8.01. The number of morpholine rings is 1. The van der Waals surface area contributed by atoms with E-state index in [0.717, 1.165) is 18.7 Å². The summed E-state index contributed by atoms with van der Waals surface area (Å²) in [7, 11) is 1.66. The van der Waals surface area contributed by atoms with E-state index < -0.39 is 11.9 Å². The summed E-state index contributed by atoms with van der Waals surface area (Å²) in [5.41, 5.74) is 1.17. The zero-order valence-electron chi connectivity index (χ0n) is 22.8. The molecule has 5 rings (SSSR count). The summed E-state index contributed by atoms with van der Waals surface area (Å²) in [5, 5.41) is 2.76. The van der Waals surface area contributed by atoms with Gasteiger partial charge in [-0.15, -0.1) is 0 Å². The van der Waals surface area contributed by atoms with Crippen molar-refractivity contribution in [2.75, 3.05) is 44.9 Å². The smallest absolute Gasteiger partial charge is 0.270 e. The fourth-order valence-electron chi connectivity index (χ4n) is 4.56. The van der Waals surface area contributed by atoms with Crippen LogP contribution in [0, 0.1) is 11.8 Å². The Labute approximate surface area is 234 Å². The second-order valence-corrected chi connectivity index (χ2v) is 10.1. The van der Waals surface area contributed by atoms with Crippen molar-refractivity contribution < 1.29 is 23.8 Å². The van der Waals surface area contributed by atoms with Gasteiger partial charge in [0.05, 0.1) is 24.4 Å². The average molecular weight is 541 g/mol. The highest BCUT2D eigenvalue weighted by atomic mass is 16.5. The maximum Gasteiger partial charge on any atom is 0.270 e. The van der Waals surface area contributed by atoms with Crippen molar-refractivity contribution in [3.05, 3.63) is 78.1 Å². The number of benzene rings is 2. The zero-order valence-corrected chi connectivity index (χ0v) is 22.8. The van der Waals surface area contributed by atoms with Gasteiger partial charge in [0.2, 0.25) is 0 Å². The SMILES string of the molecule is CN1C(=O)C(NC(=O)c2cc(Oc3ccccc3)ccn2)COc2ccc(C#CC(C)(C)N3CCOCC3)cc21. The van der Waals surface area contributed by atoms with Gasteiger partial charge in [-0.1, -0.05) is 30.0 Å². The molecule has 1 atom stereocenters. The minimum atomic E-state index is -0.903. The van der Waals surface area contributed by atoms with Gasteiger partial charge < -0.3 is 24.4 Å². The molecule has 2 amide bonds. The maximum atomic E-state index is 13.3. The molecule has 1 saturated heterocycles. The lowest BCUT2D eigenvalue weighted by Crippen LogP contribution is -2.49. The Hall–Kier alpha value is -4.39. The van der Waals surface area contributed by atoms with Crippen LogP contribution in [0.5, 0.6) is 17.2 Å². The van der Waals surface area contributed by atoms with Crippen molar-refractivity contribution in [1.82, 2.24) is 15.2 Å². The minimum absolute atomic E-state index is 0.0167. The van der Waals surface area contributed by atoms with Crippen molar-refractivity contribution in [2.45, 2.75) is 25.4 Å². The Morgan fingerprint density at radius 1 is 1.07 bits per heavy atom. The molecule has 40 heavy (non-hydrogen) atoms. The molecule has 2 aromatic carbocycles. The van der Waals surface area contributed by atoms with E-state index in [2.05, 4.69) is 40.9 Å². The van der Waals surface area contributed by atoms with Crippen molar-refractivity contribution in [3.8, 4) is 29.1 Å². The number of aromatic nitrogens is 1. The van der Waals surface area contributed by atoms with E-state index in [1.165, 1.54) is 17.2 Å². The molecule has 1 unspecified atom stereocenters. The van der Waals surface area contributed by atoms with Gasteiger partial charge in [-0.2, -0.15) is 0 Å². The van der Waals surface area contributed by atoms with E-state index in [4.69, 9.17) is 14.2 Å². The number of hydrogen-bond acceptors (Lipinski definition) is 7. The van der Waals surface area contributed by atoms with E-state index in [9.17, 15) is 9.59 Å². The highest BCUT2D eigenvalue weighted by molar-refractivity contribution is 6.03. The van der Waals surface area contributed by atoms with Crippen LogP contribution in [-0.4, -0.2) is 73.2 Å². The van der Waals surface area contributed by atoms with Gasteiger partial charge in [0.15, 0.2) is 0 Å². The third kappa shape index (κ3) is 6.25. The summed E-state index contributed by atoms with van der Waals surface area (Å²) in [4.78, 5) is 34.3. The lowest BCUT2D eigenvalue weighted by atomic mass is 10.0. The Morgan fingerprint density at radius 2 is 1.85 bits per heavy atom. The van der Waals surface area contributed by atoms with Crippen LogP contribution in [0.3, 0.4) is 0 Å². The number of fused-ring (bicyclic) bond motifs is 1. The van der Waals surface area contributed by atoms with Crippen molar-refractivity contribution in [2.24, 2.45) is 0 Å². The molecule has 1 fully saturated rings. The summed E-state index contributed by atoms with van der Waals surface area (Å²) in [6.45, 7) is 7.26. The normalized spacial score (nSPS) is 17.5. The predicted octanol–water partition coefficient (Wildman–Crippen LogP) is 3.49. The molecule has 1 N–H and O–H groups in total. The quantitative estimate of drug-likeness (QED) is 0.496. The first-order chi connectivity index (χ1) is 19.3.